The van der Waals surface area contributed by atoms with E-state index in [1.807, 2.05) is 31.4 Å². The fourth-order valence-electron chi connectivity index (χ4n) is 3.08. The molecule has 32 heavy (non-hydrogen) atoms. The fraction of sp³-hybridized carbons (Fsp3) is 0.364. The predicted molar refractivity (Wildman–Crippen MR) is 129 cm³/mol. The zero-order valence-electron chi connectivity index (χ0n) is 18.6. The number of anilines is 1. The number of hydrogen-bond donors (Lipinski definition) is 2. The molecule has 0 unspecified atom stereocenters. The summed E-state index contributed by atoms with van der Waals surface area (Å²) in [6.45, 7) is 13.5. The van der Waals surface area contributed by atoms with Crippen LogP contribution in [0.4, 0.5) is 15.3 Å². The number of alkyl carbamates (subject to hydrolysis) is 1. The normalized spacial score (nSPS) is 12.4. The first-order valence-electron chi connectivity index (χ1n) is 9.94. The molecule has 2 N–H and O–H groups in total. The van der Waals surface area contributed by atoms with Crippen LogP contribution < -0.4 is 10.2 Å². The number of nitrogens with one attached hydrogen (secondary N) is 1. The summed E-state index contributed by atoms with van der Waals surface area (Å²) in [5.74, 6) is 0. The topological polar surface area (TPSA) is 105 Å². The van der Waals surface area contributed by atoms with Crippen molar-refractivity contribution in [2.24, 2.45) is 0 Å². The van der Waals surface area contributed by atoms with Gasteiger partial charge in [-0.1, -0.05) is 12.6 Å². The van der Waals surface area contributed by atoms with Crippen LogP contribution in [0.5, 0.6) is 0 Å². The standard InChI is InChI=1S/C22H26N4O4S2/c1-12(14(3)24-20(27)30-22(4,5)6)18-13(2)17-19(32-18)16(10-23-25-17)26(21(28)29)11-15-8-7-9-31-15/h7-10,14H,1,11H2,2-6H3,(H,24,27)(H,28,29)/t14-/m0/s1. The van der Waals surface area contributed by atoms with Gasteiger partial charge in [-0.2, -0.15) is 5.10 Å². The minimum atomic E-state index is -1.07. The molecule has 170 valence electrons. The van der Waals surface area contributed by atoms with E-state index in [0.717, 1.165) is 15.3 Å². The molecule has 2 amide bonds. The Bertz CT molecular complexity index is 1150. The number of aromatic nitrogens is 2. The van der Waals surface area contributed by atoms with Gasteiger partial charge < -0.3 is 15.2 Å². The molecule has 0 aliphatic heterocycles. The number of aryl methyl sites for hydroxylation is 1. The number of hydrogen-bond acceptors (Lipinski definition) is 7. The highest BCUT2D eigenvalue weighted by Crippen LogP contribution is 2.40. The van der Waals surface area contributed by atoms with E-state index in [2.05, 4.69) is 22.1 Å². The zero-order valence-corrected chi connectivity index (χ0v) is 20.3. The Hall–Kier alpha value is -2.98. The summed E-state index contributed by atoms with van der Waals surface area (Å²) in [5, 5.41) is 22.9. The second-order valence-electron chi connectivity index (χ2n) is 8.30. The van der Waals surface area contributed by atoms with Crippen molar-refractivity contribution in [3.63, 3.8) is 0 Å². The molecule has 0 bridgehead atoms. The fourth-order valence-corrected chi connectivity index (χ4v) is 5.09. The van der Waals surface area contributed by atoms with E-state index in [9.17, 15) is 14.7 Å². The van der Waals surface area contributed by atoms with Crippen LogP contribution in [0, 0.1) is 6.92 Å². The molecule has 3 aromatic rings. The van der Waals surface area contributed by atoms with Gasteiger partial charge in [0.1, 0.15) is 11.1 Å². The van der Waals surface area contributed by atoms with Crippen LogP contribution in [0.3, 0.4) is 0 Å². The van der Waals surface area contributed by atoms with Gasteiger partial charge in [0.15, 0.2) is 0 Å². The third-order valence-electron chi connectivity index (χ3n) is 4.65. The summed E-state index contributed by atoms with van der Waals surface area (Å²) in [6.07, 6.45) is -0.132. The van der Waals surface area contributed by atoms with Crippen molar-refractivity contribution in [3.8, 4) is 0 Å². The summed E-state index contributed by atoms with van der Waals surface area (Å²) in [7, 11) is 0. The number of rotatable bonds is 6. The molecule has 0 spiro atoms. The molecule has 3 rings (SSSR count). The quantitative estimate of drug-likeness (QED) is 0.477. The van der Waals surface area contributed by atoms with Crippen LogP contribution in [0.15, 0.2) is 30.3 Å². The molecule has 8 nitrogen and oxygen atoms in total. The lowest BCUT2D eigenvalue weighted by atomic mass is 10.1. The monoisotopic (exact) mass is 474 g/mol. The largest absolute Gasteiger partial charge is 0.465 e. The number of fused-ring (bicyclic) bond motifs is 1. The molecule has 0 radical (unpaired) electrons. The third-order valence-corrected chi connectivity index (χ3v) is 6.89. The third kappa shape index (κ3) is 5.25. The van der Waals surface area contributed by atoms with E-state index in [-0.39, 0.29) is 6.54 Å². The zero-order chi connectivity index (χ0) is 23.6. The second-order valence-corrected chi connectivity index (χ2v) is 10.4. The minimum absolute atomic E-state index is 0.220. The van der Waals surface area contributed by atoms with E-state index in [0.29, 0.717) is 21.5 Å². The average molecular weight is 475 g/mol. The van der Waals surface area contributed by atoms with Gasteiger partial charge in [0.05, 0.1) is 29.2 Å². The summed E-state index contributed by atoms with van der Waals surface area (Å²) >= 11 is 2.88. The smallest absolute Gasteiger partial charge is 0.412 e. The SMILES string of the molecule is C=C(c1sc2c(N(Cc3cccs3)C(=O)O)cnnc2c1C)[C@H](C)NC(=O)OC(C)(C)C. The molecule has 0 aliphatic carbocycles. The molecular formula is C22H26N4O4S2. The first-order valence-corrected chi connectivity index (χ1v) is 11.6. The maximum absolute atomic E-state index is 12.2. The number of carbonyl (C=O) groups is 2. The van der Waals surface area contributed by atoms with Crippen LogP contribution in [0.25, 0.3) is 15.8 Å². The average Bonchev–Trinajstić information content (AvgIpc) is 3.32. The van der Waals surface area contributed by atoms with Gasteiger partial charge in [-0.3, -0.25) is 4.90 Å². The van der Waals surface area contributed by atoms with Gasteiger partial charge in [0, 0.05) is 9.75 Å². The summed E-state index contributed by atoms with van der Waals surface area (Å²) in [4.78, 5) is 27.2. The Morgan fingerprint density at radius 3 is 2.69 bits per heavy atom. The van der Waals surface area contributed by atoms with Crippen molar-refractivity contribution in [3.05, 3.63) is 45.6 Å². The maximum Gasteiger partial charge on any atom is 0.412 e. The first-order chi connectivity index (χ1) is 15.0. The second kappa shape index (κ2) is 9.25. The van der Waals surface area contributed by atoms with Crippen LogP contribution >= 0.6 is 22.7 Å². The number of thiophene rings is 2. The molecule has 3 heterocycles. The highest BCUT2D eigenvalue weighted by atomic mass is 32.1. The van der Waals surface area contributed by atoms with Crippen LogP contribution in [0.1, 0.15) is 43.0 Å². The number of nitrogens with zero attached hydrogens (tertiary/aromatic N) is 3. The molecule has 1 atom stereocenters. The van der Waals surface area contributed by atoms with E-state index < -0.39 is 23.8 Å². The molecule has 0 aromatic carbocycles. The van der Waals surface area contributed by atoms with Crippen molar-refractivity contribution in [2.45, 2.75) is 52.8 Å². The molecule has 3 aromatic heterocycles. The lowest BCUT2D eigenvalue weighted by Gasteiger charge is -2.22. The molecule has 0 fully saturated rings. The molecular weight excluding hydrogens is 448 g/mol. The molecule has 0 saturated heterocycles. The number of amides is 2. The summed E-state index contributed by atoms with van der Waals surface area (Å²) < 4.78 is 6.03. The van der Waals surface area contributed by atoms with Crippen molar-refractivity contribution < 1.29 is 19.4 Å². The van der Waals surface area contributed by atoms with Crippen LogP contribution in [0.2, 0.25) is 0 Å². The molecule has 0 aliphatic rings. The highest BCUT2D eigenvalue weighted by Gasteiger charge is 2.25. The van der Waals surface area contributed by atoms with E-state index >= 15 is 0 Å². The van der Waals surface area contributed by atoms with Crippen molar-refractivity contribution in [1.29, 1.82) is 0 Å². The van der Waals surface area contributed by atoms with Gasteiger partial charge in [-0.05, 0) is 57.2 Å². The lowest BCUT2D eigenvalue weighted by molar-refractivity contribution is 0.0519. The Labute approximate surface area is 194 Å². The minimum Gasteiger partial charge on any atom is -0.465 e. The first kappa shape index (κ1) is 23.7. The Morgan fingerprint density at radius 1 is 1.38 bits per heavy atom. The maximum atomic E-state index is 12.2. The molecule has 0 saturated carbocycles. The van der Waals surface area contributed by atoms with Crippen molar-refractivity contribution >= 4 is 56.3 Å². The Balaban J connectivity index is 1.93. The Kier molecular flexibility index (Phi) is 6.85. The number of carboxylic acid groups (broad SMARTS) is 1. The number of ether oxygens (including phenoxy) is 1. The van der Waals surface area contributed by atoms with Crippen molar-refractivity contribution in [1.82, 2.24) is 15.5 Å². The van der Waals surface area contributed by atoms with Gasteiger partial charge >= 0.3 is 12.2 Å². The van der Waals surface area contributed by atoms with E-state index in [1.54, 1.807) is 20.8 Å². The van der Waals surface area contributed by atoms with E-state index in [4.69, 9.17) is 4.74 Å². The van der Waals surface area contributed by atoms with Gasteiger partial charge in [0.25, 0.3) is 0 Å². The molecule has 10 heteroatoms. The summed E-state index contributed by atoms with van der Waals surface area (Å²) in [6, 6.07) is 3.38. The van der Waals surface area contributed by atoms with Crippen LogP contribution in [-0.2, 0) is 11.3 Å². The van der Waals surface area contributed by atoms with Gasteiger partial charge in [0.2, 0.25) is 0 Å². The summed E-state index contributed by atoms with van der Waals surface area (Å²) in [5.41, 5.74) is 2.00. The lowest BCUT2D eigenvalue weighted by Crippen LogP contribution is -2.38. The number of carbonyl (C=O) groups excluding carboxylic acids is 1. The van der Waals surface area contributed by atoms with Crippen LogP contribution in [-0.4, -0.2) is 39.1 Å². The van der Waals surface area contributed by atoms with Crippen molar-refractivity contribution in [2.75, 3.05) is 4.90 Å². The Morgan fingerprint density at radius 2 is 2.09 bits per heavy atom. The highest BCUT2D eigenvalue weighted by molar-refractivity contribution is 7.20. The van der Waals surface area contributed by atoms with Gasteiger partial charge in [-0.25, -0.2) is 9.59 Å². The predicted octanol–water partition coefficient (Wildman–Crippen LogP) is 5.67. The van der Waals surface area contributed by atoms with Gasteiger partial charge in [-0.15, -0.1) is 27.8 Å². The van der Waals surface area contributed by atoms with E-state index in [1.165, 1.54) is 33.8 Å².